The standard InChI is InChI=1S/C40H49F2N7O4/c1-23(2)33(47-37(50)29-16-18-40(41,42)19-17-29)36-44-22-31(46-36)28-14-10-26(11-15-28)25-8-12-27(13-9-25)30-21-43-35(45-30)32-7-6-20-49(32)38(51)34(24(3)4)48-39(52)53-5/h8-15,21-24,29,32-34H,6-7,16-20H2,1-5H3,(H,43,45)(H,44,46)(H,47,50)(H,48,52)/t32-,33-,34-/m0/s1. The second-order valence-electron chi connectivity index (χ2n) is 14.9. The van der Waals surface area contributed by atoms with E-state index in [1.54, 1.807) is 17.3 Å². The molecule has 1 aliphatic carbocycles. The minimum absolute atomic E-state index is 0.0441. The van der Waals surface area contributed by atoms with Crippen LogP contribution < -0.4 is 10.6 Å². The summed E-state index contributed by atoms with van der Waals surface area (Å²) in [6.45, 7) is 8.37. The molecular formula is C40H49F2N7O4. The minimum atomic E-state index is -2.68. The Hall–Kier alpha value is -5.07. The SMILES string of the molecule is COC(=O)N[C@H](C(=O)N1CCC[C@H]1c1ncc(-c2ccc(-c3ccc(-c4cnc([C@@H](NC(=O)C5CCC(F)(F)CC5)C(C)C)[nH]4)cc3)cc2)[nH]1)C(C)C. The molecule has 1 saturated carbocycles. The molecule has 1 aliphatic heterocycles. The van der Waals surface area contributed by atoms with Crippen molar-refractivity contribution < 1.29 is 27.9 Å². The molecule has 0 unspecified atom stereocenters. The molecule has 282 valence electrons. The van der Waals surface area contributed by atoms with E-state index in [0.717, 1.165) is 46.5 Å². The van der Waals surface area contributed by atoms with Crippen molar-refractivity contribution in [1.29, 1.82) is 0 Å². The topological polar surface area (TPSA) is 145 Å². The van der Waals surface area contributed by atoms with Crippen molar-refractivity contribution in [2.45, 2.75) is 90.3 Å². The predicted molar refractivity (Wildman–Crippen MR) is 198 cm³/mol. The average Bonchev–Trinajstić information content (AvgIpc) is 3.94. The van der Waals surface area contributed by atoms with Crippen molar-refractivity contribution in [3.8, 4) is 33.6 Å². The molecule has 4 aromatic rings. The van der Waals surface area contributed by atoms with Gasteiger partial charge in [0, 0.05) is 25.3 Å². The van der Waals surface area contributed by atoms with E-state index in [1.165, 1.54) is 7.11 Å². The number of amides is 3. The summed E-state index contributed by atoms with van der Waals surface area (Å²) in [4.78, 5) is 56.2. The summed E-state index contributed by atoms with van der Waals surface area (Å²) in [5.74, 6) is -2.15. The van der Waals surface area contributed by atoms with E-state index < -0.39 is 24.0 Å². The lowest BCUT2D eigenvalue weighted by atomic mass is 9.86. The lowest BCUT2D eigenvalue weighted by Crippen LogP contribution is -2.51. The Balaban J connectivity index is 1.09. The largest absolute Gasteiger partial charge is 0.453 e. The van der Waals surface area contributed by atoms with Crippen LogP contribution in [0.5, 0.6) is 0 Å². The fourth-order valence-electron chi connectivity index (χ4n) is 7.30. The van der Waals surface area contributed by atoms with Gasteiger partial charge in [0.2, 0.25) is 17.7 Å². The number of methoxy groups -OCH3 is 1. The first-order chi connectivity index (χ1) is 25.3. The quantitative estimate of drug-likeness (QED) is 0.124. The number of benzene rings is 2. The summed E-state index contributed by atoms with van der Waals surface area (Å²) < 4.78 is 32.0. The zero-order valence-corrected chi connectivity index (χ0v) is 30.9. The Bertz CT molecular complexity index is 1880. The number of alkyl carbamates (subject to hydrolysis) is 1. The van der Waals surface area contributed by atoms with Crippen LogP contribution >= 0.6 is 0 Å². The number of nitrogens with zero attached hydrogens (tertiary/aromatic N) is 3. The van der Waals surface area contributed by atoms with Crippen molar-refractivity contribution in [1.82, 2.24) is 35.5 Å². The van der Waals surface area contributed by atoms with Crippen LogP contribution in [-0.2, 0) is 14.3 Å². The van der Waals surface area contributed by atoms with E-state index in [4.69, 9.17) is 4.74 Å². The Kier molecular flexibility index (Phi) is 11.3. The Labute approximate surface area is 308 Å². The number of H-pyrrole nitrogens is 2. The van der Waals surface area contributed by atoms with Gasteiger partial charge >= 0.3 is 6.09 Å². The molecule has 2 fully saturated rings. The second kappa shape index (κ2) is 15.9. The molecule has 53 heavy (non-hydrogen) atoms. The third-order valence-corrected chi connectivity index (χ3v) is 10.5. The number of imidazole rings is 2. The number of hydrogen-bond donors (Lipinski definition) is 4. The van der Waals surface area contributed by atoms with E-state index >= 15 is 0 Å². The summed E-state index contributed by atoms with van der Waals surface area (Å²) in [7, 11) is 1.28. The molecule has 4 N–H and O–H groups in total. The number of halogens is 2. The lowest BCUT2D eigenvalue weighted by molar-refractivity contribution is -0.135. The van der Waals surface area contributed by atoms with Crippen LogP contribution in [0.1, 0.15) is 90.0 Å². The first kappa shape index (κ1) is 37.7. The first-order valence-electron chi connectivity index (χ1n) is 18.5. The number of alkyl halides is 2. The van der Waals surface area contributed by atoms with E-state index in [-0.39, 0.29) is 61.4 Å². The van der Waals surface area contributed by atoms with Crippen molar-refractivity contribution >= 4 is 17.9 Å². The maximum absolute atomic E-state index is 13.6. The summed E-state index contributed by atoms with van der Waals surface area (Å²) >= 11 is 0. The van der Waals surface area contributed by atoms with Crippen LogP contribution in [0.2, 0.25) is 0 Å². The molecule has 1 saturated heterocycles. The van der Waals surface area contributed by atoms with E-state index in [1.807, 2.05) is 64.1 Å². The number of rotatable bonds is 11. The second-order valence-corrected chi connectivity index (χ2v) is 14.9. The van der Waals surface area contributed by atoms with Crippen molar-refractivity contribution in [2.75, 3.05) is 13.7 Å². The maximum atomic E-state index is 13.6. The molecule has 0 spiro atoms. The lowest BCUT2D eigenvalue weighted by Gasteiger charge is -2.30. The van der Waals surface area contributed by atoms with Crippen LogP contribution in [0.3, 0.4) is 0 Å². The van der Waals surface area contributed by atoms with Gasteiger partial charge in [0.15, 0.2) is 0 Å². The first-order valence-corrected chi connectivity index (χ1v) is 18.5. The Morgan fingerprint density at radius 3 is 1.94 bits per heavy atom. The van der Waals surface area contributed by atoms with E-state index in [0.29, 0.717) is 18.2 Å². The van der Waals surface area contributed by atoms with Gasteiger partial charge in [-0.05, 0) is 59.8 Å². The molecule has 3 amide bonds. The van der Waals surface area contributed by atoms with Crippen LogP contribution in [0, 0.1) is 17.8 Å². The number of ether oxygens (including phenoxy) is 1. The predicted octanol–water partition coefficient (Wildman–Crippen LogP) is 7.82. The van der Waals surface area contributed by atoms with Crippen molar-refractivity contribution in [3.05, 3.63) is 72.6 Å². The van der Waals surface area contributed by atoms with Gasteiger partial charge in [-0.25, -0.2) is 23.5 Å². The number of aromatic amines is 2. The molecular weight excluding hydrogens is 680 g/mol. The molecule has 11 nitrogen and oxygen atoms in total. The smallest absolute Gasteiger partial charge is 0.407 e. The molecule has 13 heteroatoms. The van der Waals surface area contributed by atoms with Crippen LogP contribution in [0.25, 0.3) is 33.6 Å². The number of carbonyl (C=O) groups is 3. The maximum Gasteiger partial charge on any atom is 0.407 e. The molecule has 3 heterocycles. The molecule has 2 aromatic carbocycles. The number of nitrogens with one attached hydrogen (secondary N) is 4. The van der Waals surface area contributed by atoms with Crippen molar-refractivity contribution in [3.63, 3.8) is 0 Å². The Morgan fingerprint density at radius 1 is 0.811 bits per heavy atom. The minimum Gasteiger partial charge on any atom is -0.453 e. The zero-order valence-electron chi connectivity index (χ0n) is 30.9. The summed E-state index contributed by atoms with van der Waals surface area (Å²) in [5.41, 5.74) is 5.65. The van der Waals surface area contributed by atoms with E-state index in [9.17, 15) is 23.2 Å². The molecule has 0 bridgehead atoms. The average molecular weight is 730 g/mol. The van der Waals surface area contributed by atoms with Gasteiger partial charge in [0.1, 0.15) is 17.7 Å². The molecule has 2 aliphatic rings. The normalized spacial score (nSPS) is 18.6. The highest BCUT2D eigenvalue weighted by atomic mass is 19.3. The monoisotopic (exact) mass is 729 g/mol. The van der Waals surface area contributed by atoms with Crippen molar-refractivity contribution in [2.24, 2.45) is 17.8 Å². The number of hydrogen-bond acceptors (Lipinski definition) is 6. The van der Waals surface area contributed by atoms with Gasteiger partial charge in [-0.1, -0.05) is 76.2 Å². The van der Waals surface area contributed by atoms with Crippen LogP contribution in [0.15, 0.2) is 60.9 Å². The van der Waals surface area contributed by atoms with Gasteiger partial charge < -0.3 is 30.2 Å². The number of carbonyl (C=O) groups excluding carboxylic acids is 3. The molecule has 3 atom stereocenters. The van der Waals surface area contributed by atoms with Crippen LogP contribution in [-0.4, -0.2) is 68.4 Å². The third-order valence-electron chi connectivity index (χ3n) is 10.5. The van der Waals surface area contributed by atoms with Gasteiger partial charge in [-0.3, -0.25) is 9.59 Å². The fourth-order valence-corrected chi connectivity index (χ4v) is 7.30. The zero-order chi connectivity index (χ0) is 37.9. The highest BCUT2D eigenvalue weighted by Gasteiger charge is 2.39. The highest BCUT2D eigenvalue weighted by Crippen LogP contribution is 2.37. The van der Waals surface area contributed by atoms with Gasteiger partial charge in [-0.15, -0.1) is 0 Å². The summed E-state index contributed by atoms with van der Waals surface area (Å²) in [5, 5.41) is 5.75. The van der Waals surface area contributed by atoms with E-state index in [2.05, 4.69) is 42.7 Å². The van der Waals surface area contributed by atoms with Gasteiger partial charge in [0.25, 0.3) is 0 Å². The highest BCUT2D eigenvalue weighted by molar-refractivity contribution is 5.86. The fraction of sp³-hybridized carbons (Fsp3) is 0.475. The summed E-state index contributed by atoms with van der Waals surface area (Å²) in [6.07, 6.45) is 4.40. The molecule has 6 rings (SSSR count). The number of likely N-dealkylation sites (tertiary alicyclic amines) is 1. The van der Waals surface area contributed by atoms with Crippen LogP contribution in [0.4, 0.5) is 13.6 Å². The third kappa shape index (κ3) is 8.60. The summed E-state index contributed by atoms with van der Waals surface area (Å²) in [6, 6.07) is 15.0. The van der Waals surface area contributed by atoms with Gasteiger partial charge in [-0.2, -0.15) is 0 Å². The van der Waals surface area contributed by atoms with Gasteiger partial charge in [0.05, 0.1) is 43.0 Å². The number of aromatic nitrogens is 4. The molecule has 2 aromatic heterocycles. The Morgan fingerprint density at radius 2 is 1.38 bits per heavy atom. The molecule has 0 radical (unpaired) electrons.